The van der Waals surface area contributed by atoms with Gasteiger partial charge in [0.1, 0.15) is 5.69 Å². The zero-order valence-electron chi connectivity index (χ0n) is 20.8. The number of fused-ring (bicyclic) bond motifs is 1. The van der Waals surface area contributed by atoms with Gasteiger partial charge in [-0.1, -0.05) is 17.7 Å². The molecule has 1 amide bonds. The predicted octanol–water partition coefficient (Wildman–Crippen LogP) is 6.21. The number of pyridine rings is 1. The lowest BCUT2D eigenvalue weighted by Gasteiger charge is -2.31. The Morgan fingerprint density at radius 3 is 2.53 bits per heavy atom. The van der Waals surface area contributed by atoms with E-state index in [-0.39, 0.29) is 29.2 Å². The van der Waals surface area contributed by atoms with Gasteiger partial charge < -0.3 is 10.6 Å². The summed E-state index contributed by atoms with van der Waals surface area (Å²) in [6, 6.07) is 11.3. The number of carbonyl (C=O) groups excluding carboxylic acids is 1. The molecular weight excluding hydrogens is 541 g/mol. The summed E-state index contributed by atoms with van der Waals surface area (Å²) in [5.74, 6) is -0.359. The quantitative estimate of drug-likeness (QED) is 0.315. The molecule has 4 rings (SSSR count). The third kappa shape index (κ3) is 6.68. The van der Waals surface area contributed by atoms with E-state index in [9.17, 15) is 26.4 Å². The fraction of sp³-hybridized carbons (Fsp3) is 0.385. The number of rotatable bonds is 7. The number of hydrogen-bond acceptors (Lipinski definition) is 5. The zero-order valence-corrected chi connectivity index (χ0v) is 22.3. The van der Waals surface area contributed by atoms with Crippen molar-refractivity contribution in [2.45, 2.75) is 63.0 Å². The van der Waals surface area contributed by atoms with E-state index in [2.05, 4.69) is 20.3 Å². The first-order chi connectivity index (χ1) is 17.8. The highest BCUT2D eigenvalue weighted by Crippen LogP contribution is 2.35. The van der Waals surface area contributed by atoms with Crippen LogP contribution in [0.15, 0.2) is 48.5 Å². The van der Waals surface area contributed by atoms with Crippen molar-refractivity contribution in [3.63, 3.8) is 0 Å². The monoisotopic (exact) mass is 568 g/mol. The van der Waals surface area contributed by atoms with E-state index >= 15 is 0 Å². The van der Waals surface area contributed by atoms with Gasteiger partial charge in [-0.15, -0.1) is 0 Å². The molecule has 0 unspecified atom stereocenters. The molecule has 0 saturated heterocycles. The Balaban J connectivity index is 1.48. The largest absolute Gasteiger partial charge is 0.433 e. The van der Waals surface area contributed by atoms with Crippen LogP contribution in [0.25, 0.3) is 10.9 Å². The molecule has 1 saturated carbocycles. The molecule has 0 bridgehead atoms. The van der Waals surface area contributed by atoms with Crippen LogP contribution < -0.4 is 15.4 Å². The van der Waals surface area contributed by atoms with Crippen LogP contribution >= 0.6 is 11.6 Å². The summed E-state index contributed by atoms with van der Waals surface area (Å²) in [5, 5.41) is 6.44. The number of nitrogens with zero attached hydrogens (tertiary/aromatic N) is 1. The third-order valence-corrected chi connectivity index (χ3v) is 8.43. The molecule has 1 fully saturated rings. The van der Waals surface area contributed by atoms with Crippen LogP contribution in [0.3, 0.4) is 0 Å². The molecule has 1 aromatic heterocycles. The van der Waals surface area contributed by atoms with E-state index in [0.29, 0.717) is 40.9 Å². The number of benzene rings is 2. The average molecular weight is 569 g/mol. The first kappa shape index (κ1) is 28.0. The summed E-state index contributed by atoms with van der Waals surface area (Å²) in [6.07, 6.45) is -1.93. The van der Waals surface area contributed by atoms with Crippen molar-refractivity contribution in [3.05, 3.63) is 64.8 Å². The Morgan fingerprint density at radius 1 is 1.08 bits per heavy atom. The number of halogens is 4. The molecule has 3 aromatic rings. The lowest BCUT2D eigenvalue weighted by atomic mass is 9.90. The third-order valence-electron chi connectivity index (χ3n) is 6.44. The number of carbonyl (C=O) groups is 1. The Labute approximate surface area is 224 Å². The molecule has 204 valence electrons. The lowest BCUT2D eigenvalue weighted by molar-refractivity contribution is -0.140. The van der Waals surface area contributed by atoms with Crippen molar-refractivity contribution in [1.82, 2.24) is 10.3 Å². The van der Waals surface area contributed by atoms with Crippen LogP contribution in [0.5, 0.6) is 0 Å². The molecule has 2 aromatic carbocycles. The lowest BCUT2D eigenvalue weighted by Crippen LogP contribution is -2.41. The maximum atomic E-state index is 13.5. The smallest absolute Gasteiger partial charge is 0.382 e. The van der Waals surface area contributed by atoms with Crippen molar-refractivity contribution in [2.75, 3.05) is 10.0 Å². The predicted molar refractivity (Wildman–Crippen MR) is 143 cm³/mol. The van der Waals surface area contributed by atoms with Gasteiger partial charge >= 0.3 is 6.18 Å². The van der Waals surface area contributed by atoms with Crippen molar-refractivity contribution >= 4 is 49.8 Å². The van der Waals surface area contributed by atoms with Gasteiger partial charge in [0.2, 0.25) is 10.0 Å². The minimum atomic E-state index is -4.61. The van der Waals surface area contributed by atoms with Gasteiger partial charge in [0.15, 0.2) is 0 Å². The molecule has 1 aliphatic rings. The molecule has 12 heteroatoms. The van der Waals surface area contributed by atoms with Crippen LogP contribution in [0.1, 0.15) is 55.6 Å². The summed E-state index contributed by atoms with van der Waals surface area (Å²) in [4.78, 5) is 16.7. The minimum absolute atomic E-state index is 0.181. The molecule has 38 heavy (non-hydrogen) atoms. The number of alkyl halides is 3. The summed E-state index contributed by atoms with van der Waals surface area (Å²) in [6.45, 7) is 3.11. The van der Waals surface area contributed by atoms with Crippen molar-refractivity contribution in [1.29, 1.82) is 0 Å². The summed E-state index contributed by atoms with van der Waals surface area (Å²) in [7, 11) is -3.56. The standard InChI is InChI=1S/C26H28ClF3N4O3S/c1-15(2)38(36,37)34-20-8-3-5-16(11-20)25(35)32-19-7-4-6-18(13-19)31-23-14-24(26(28,29)30)33-22-10-9-17(27)12-21(22)23/h3,5,8-12,14-15,18-19,34H,4,6-7,13H2,1-2H3,(H,31,33)(H,32,35)/t18-,19+/m0/s1. The molecule has 0 spiro atoms. The van der Waals surface area contributed by atoms with Gasteiger partial charge in [-0.3, -0.25) is 9.52 Å². The van der Waals surface area contributed by atoms with Crippen LogP contribution in [-0.4, -0.2) is 36.6 Å². The summed E-state index contributed by atoms with van der Waals surface area (Å²) >= 11 is 6.10. The first-order valence-electron chi connectivity index (χ1n) is 12.2. The number of amides is 1. The molecule has 1 heterocycles. The Kier molecular flexibility index (Phi) is 8.08. The first-order valence-corrected chi connectivity index (χ1v) is 14.1. The van der Waals surface area contributed by atoms with E-state index in [1.165, 1.54) is 18.2 Å². The molecule has 0 aliphatic heterocycles. The SMILES string of the molecule is CC(C)S(=O)(=O)Nc1cccc(C(=O)N[C@@H]2CCC[C@H](Nc3cc(C(F)(F)F)nc4ccc(Cl)cc34)C2)c1. The van der Waals surface area contributed by atoms with E-state index in [1.807, 2.05) is 0 Å². The van der Waals surface area contributed by atoms with E-state index < -0.39 is 27.1 Å². The molecule has 2 atom stereocenters. The van der Waals surface area contributed by atoms with E-state index in [4.69, 9.17) is 11.6 Å². The number of aromatic nitrogens is 1. The highest BCUT2D eigenvalue weighted by Gasteiger charge is 2.34. The maximum Gasteiger partial charge on any atom is 0.433 e. The van der Waals surface area contributed by atoms with Crippen molar-refractivity contribution < 1.29 is 26.4 Å². The van der Waals surface area contributed by atoms with Gasteiger partial charge in [0, 0.05) is 39.4 Å². The van der Waals surface area contributed by atoms with Crippen LogP contribution in [-0.2, 0) is 16.2 Å². The number of hydrogen-bond donors (Lipinski definition) is 3. The Bertz CT molecular complexity index is 1450. The normalized spacial score (nSPS) is 18.4. The molecule has 3 N–H and O–H groups in total. The number of sulfonamides is 1. The molecular formula is C26H28ClF3N4O3S. The second-order valence-electron chi connectivity index (χ2n) is 9.67. The Hall–Kier alpha value is -3.05. The minimum Gasteiger partial charge on any atom is -0.382 e. The van der Waals surface area contributed by atoms with Crippen molar-refractivity contribution in [3.8, 4) is 0 Å². The van der Waals surface area contributed by atoms with Gasteiger partial charge in [-0.25, -0.2) is 13.4 Å². The molecule has 7 nitrogen and oxygen atoms in total. The van der Waals surface area contributed by atoms with Crippen LogP contribution in [0.2, 0.25) is 5.02 Å². The zero-order chi connectivity index (χ0) is 27.7. The Morgan fingerprint density at radius 2 is 1.82 bits per heavy atom. The second-order valence-corrected chi connectivity index (χ2v) is 12.3. The number of nitrogens with one attached hydrogen (secondary N) is 3. The molecule has 0 radical (unpaired) electrons. The van der Waals surface area contributed by atoms with E-state index in [1.54, 1.807) is 38.1 Å². The summed E-state index contributed by atoms with van der Waals surface area (Å²) < 4.78 is 67.2. The maximum absolute atomic E-state index is 13.5. The number of anilines is 2. The van der Waals surface area contributed by atoms with Gasteiger partial charge in [-0.2, -0.15) is 13.2 Å². The average Bonchev–Trinajstić information content (AvgIpc) is 2.83. The molecule has 1 aliphatic carbocycles. The van der Waals surface area contributed by atoms with Crippen molar-refractivity contribution in [2.24, 2.45) is 0 Å². The van der Waals surface area contributed by atoms with Crippen LogP contribution in [0.4, 0.5) is 24.5 Å². The second kappa shape index (κ2) is 11.0. The fourth-order valence-electron chi connectivity index (χ4n) is 4.41. The van der Waals surface area contributed by atoms with Gasteiger partial charge in [0.05, 0.1) is 10.8 Å². The fourth-order valence-corrected chi connectivity index (χ4v) is 5.27. The highest BCUT2D eigenvalue weighted by atomic mass is 35.5. The van der Waals surface area contributed by atoms with Crippen LogP contribution in [0, 0.1) is 0 Å². The van der Waals surface area contributed by atoms with Gasteiger partial charge in [-0.05, 0) is 82.0 Å². The summed E-state index contributed by atoms with van der Waals surface area (Å²) in [5.41, 5.74) is 0.0580. The topological polar surface area (TPSA) is 100 Å². The van der Waals surface area contributed by atoms with Gasteiger partial charge in [0.25, 0.3) is 5.91 Å². The van der Waals surface area contributed by atoms with E-state index in [0.717, 1.165) is 12.5 Å². The highest BCUT2D eigenvalue weighted by molar-refractivity contribution is 7.93.